The van der Waals surface area contributed by atoms with Gasteiger partial charge in [0.15, 0.2) is 0 Å². The number of nitrogens with one attached hydrogen (secondary N) is 2. The van der Waals surface area contributed by atoms with Crippen LogP contribution in [0.25, 0.3) is 11.0 Å². The van der Waals surface area contributed by atoms with E-state index in [1.54, 1.807) is 0 Å². The summed E-state index contributed by atoms with van der Waals surface area (Å²) in [5, 5.41) is 12.1. The lowest BCUT2D eigenvalue weighted by atomic mass is 9.95. The Balaban J connectivity index is 1.31. The number of aliphatic hydroxyl groups is 1. The van der Waals surface area contributed by atoms with Crippen LogP contribution in [0.1, 0.15) is 29.8 Å². The number of rotatable bonds is 5. The molecule has 0 radical (unpaired) electrons. The van der Waals surface area contributed by atoms with Crippen LogP contribution in [0.4, 0.5) is 4.79 Å². The largest absolute Gasteiger partial charge is 0.392 e. The maximum Gasteiger partial charge on any atom is 0.317 e. The van der Waals surface area contributed by atoms with E-state index in [2.05, 4.69) is 15.3 Å². The maximum absolute atomic E-state index is 12.6. The van der Waals surface area contributed by atoms with Crippen molar-refractivity contribution in [2.45, 2.75) is 32.4 Å². The van der Waals surface area contributed by atoms with Gasteiger partial charge in [-0.1, -0.05) is 36.4 Å². The molecule has 6 heteroatoms. The molecule has 1 atom stereocenters. The second-order valence-corrected chi connectivity index (χ2v) is 7.49. The van der Waals surface area contributed by atoms with E-state index in [0.717, 1.165) is 60.3 Å². The van der Waals surface area contributed by atoms with Gasteiger partial charge in [-0.3, -0.25) is 0 Å². The molecule has 0 spiro atoms. The number of aromatic amines is 1. The van der Waals surface area contributed by atoms with Crippen molar-refractivity contribution in [3.8, 4) is 0 Å². The molecule has 1 aliphatic rings. The third-order valence-corrected chi connectivity index (χ3v) is 5.38. The molecule has 1 saturated heterocycles. The molecule has 2 aromatic carbocycles. The average molecular weight is 378 g/mol. The molecule has 1 aliphatic heterocycles. The van der Waals surface area contributed by atoms with Gasteiger partial charge in [0.1, 0.15) is 5.82 Å². The number of fused-ring (bicyclic) bond motifs is 1. The molecule has 2 amide bonds. The van der Waals surface area contributed by atoms with E-state index in [9.17, 15) is 4.79 Å². The SMILES string of the molecule is O=C(NCc1ccc(CO)cc1)N1CCC[C@H](Cc2nc3ccccc3[nH]2)C1. The lowest BCUT2D eigenvalue weighted by Gasteiger charge is -2.32. The van der Waals surface area contributed by atoms with E-state index in [1.165, 1.54) is 0 Å². The lowest BCUT2D eigenvalue weighted by Crippen LogP contribution is -2.45. The molecule has 6 nitrogen and oxygen atoms in total. The monoisotopic (exact) mass is 378 g/mol. The van der Waals surface area contributed by atoms with Crippen molar-refractivity contribution in [3.05, 3.63) is 65.5 Å². The number of likely N-dealkylation sites (tertiary alicyclic amines) is 1. The highest BCUT2D eigenvalue weighted by Gasteiger charge is 2.24. The van der Waals surface area contributed by atoms with Crippen molar-refractivity contribution >= 4 is 17.1 Å². The third-order valence-electron chi connectivity index (χ3n) is 5.38. The van der Waals surface area contributed by atoms with Gasteiger partial charge in [0.2, 0.25) is 0 Å². The first-order chi connectivity index (χ1) is 13.7. The number of hydrogen-bond donors (Lipinski definition) is 3. The second kappa shape index (κ2) is 8.44. The zero-order valence-corrected chi connectivity index (χ0v) is 15.9. The number of urea groups is 1. The fourth-order valence-electron chi connectivity index (χ4n) is 3.84. The van der Waals surface area contributed by atoms with Crippen molar-refractivity contribution in [3.63, 3.8) is 0 Å². The Kier molecular flexibility index (Phi) is 5.58. The Morgan fingerprint density at radius 2 is 1.96 bits per heavy atom. The summed E-state index contributed by atoms with van der Waals surface area (Å²) in [6.45, 7) is 2.08. The summed E-state index contributed by atoms with van der Waals surface area (Å²) in [5.74, 6) is 1.42. The zero-order chi connectivity index (χ0) is 19.3. The molecule has 0 saturated carbocycles. The third kappa shape index (κ3) is 4.34. The first-order valence-electron chi connectivity index (χ1n) is 9.86. The number of para-hydroxylation sites is 2. The number of piperidine rings is 1. The van der Waals surface area contributed by atoms with Gasteiger partial charge in [0.05, 0.1) is 17.6 Å². The summed E-state index contributed by atoms with van der Waals surface area (Å²) in [4.78, 5) is 22.6. The lowest BCUT2D eigenvalue weighted by molar-refractivity contribution is 0.164. The van der Waals surface area contributed by atoms with Crippen LogP contribution in [0.3, 0.4) is 0 Å². The zero-order valence-electron chi connectivity index (χ0n) is 15.9. The van der Waals surface area contributed by atoms with Crippen LogP contribution in [-0.4, -0.2) is 39.1 Å². The van der Waals surface area contributed by atoms with Gasteiger partial charge in [0.25, 0.3) is 0 Å². The van der Waals surface area contributed by atoms with Crippen LogP contribution in [0.15, 0.2) is 48.5 Å². The fourth-order valence-corrected chi connectivity index (χ4v) is 3.84. The number of aliphatic hydroxyl groups excluding tert-OH is 1. The van der Waals surface area contributed by atoms with E-state index < -0.39 is 0 Å². The van der Waals surface area contributed by atoms with Crippen molar-refractivity contribution in [1.82, 2.24) is 20.2 Å². The number of hydrogen-bond acceptors (Lipinski definition) is 3. The topological polar surface area (TPSA) is 81.2 Å². The quantitative estimate of drug-likeness (QED) is 0.638. The fraction of sp³-hybridized carbons (Fsp3) is 0.364. The number of nitrogens with zero attached hydrogens (tertiary/aromatic N) is 2. The molecule has 0 bridgehead atoms. The number of imidazole rings is 1. The summed E-state index contributed by atoms with van der Waals surface area (Å²) in [7, 11) is 0. The molecule has 0 unspecified atom stereocenters. The Morgan fingerprint density at radius 1 is 1.18 bits per heavy atom. The number of H-pyrrole nitrogens is 1. The second-order valence-electron chi connectivity index (χ2n) is 7.49. The van der Waals surface area contributed by atoms with Crippen molar-refractivity contribution < 1.29 is 9.90 Å². The first-order valence-corrected chi connectivity index (χ1v) is 9.86. The molecule has 3 N–H and O–H groups in total. The highest BCUT2D eigenvalue weighted by molar-refractivity contribution is 5.75. The van der Waals surface area contributed by atoms with Crippen molar-refractivity contribution in [2.75, 3.05) is 13.1 Å². The number of carbonyl (C=O) groups excluding carboxylic acids is 1. The number of carbonyl (C=O) groups is 1. The molecule has 1 aromatic heterocycles. The van der Waals surface area contributed by atoms with Crippen LogP contribution in [0, 0.1) is 5.92 Å². The molecule has 0 aliphatic carbocycles. The predicted octanol–water partition coefficient (Wildman–Crippen LogP) is 3.22. The normalized spacial score (nSPS) is 17.0. The van der Waals surface area contributed by atoms with Gasteiger partial charge in [-0.2, -0.15) is 0 Å². The number of aromatic nitrogens is 2. The van der Waals surface area contributed by atoms with Crippen molar-refractivity contribution in [2.24, 2.45) is 5.92 Å². The van der Waals surface area contributed by atoms with Gasteiger partial charge in [0, 0.05) is 26.1 Å². The number of benzene rings is 2. The van der Waals surface area contributed by atoms with Gasteiger partial charge in [-0.25, -0.2) is 9.78 Å². The standard InChI is InChI=1S/C22H26N4O2/c27-15-17-9-7-16(8-10-17)13-23-22(28)26-11-3-4-18(14-26)12-21-24-19-5-1-2-6-20(19)25-21/h1-2,5-10,18,27H,3-4,11-15H2,(H,23,28)(H,24,25)/t18-/m1/s1. The molecule has 2 heterocycles. The average Bonchev–Trinajstić information content (AvgIpc) is 3.15. The van der Waals surface area contributed by atoms with Gasteiger partial charge < -0.3 is 20.3 Å². The van der Waals surface area contributed by atoms with E-state index in [4.69, 9.17) is 5.11 Å². The maximum atomic E-state index is 12.6. The van der Waals surface area contributed by atoms with E-state index in [1.807, 2.05) is 53.4 Å². The van der Waals surface area contributed by atoms with Crippen LogP contribution in [0.5, 0.6) is 0 Å². The molecular formula is C22H26N4O2. The Labute approximate surface area is 164 Å². The summed E-state index contributed by atoms with van der Waals surface area (Å²) in [6, 6.07) is 15.7. The highest BCUT2D eigenvalue weighted by atomic mass is 16.3. The van der Waals surface area contributed by atoms with E-state index in [0.29, 0.717) is 12.5 Å². The van der Waals surface area contributed by atoms with E-state index in [-0.39, 0.29) is 12.6 Å². The predicted molar refractivity (Wildman–Crippen MR) is 109 cm³/mol. The molecule has 3 aromatic rings. The Bertz CT molecular complexity index is 902. The Morgan fingerprint density at radius 3 is 2.75 bits per heavy atom. The minimum atomic E-state index is -0.0134. The summed E-state index contributed by atoms with van der Waals surface area (Å²) in [5.41, 5.74) is 3.96. The summed E-state index contributed by atoms with van der Waals surface area (Å²) < 4.78 is 0. The first kappa shape index (κ1) is 18.5. The molecule has 4 rings (SSSR count). The minimum absolute atomic E-state index is 0.0134. The van der Waals surface area contributed by atoms with E-state index >= 15 is 0 Å². The smallest absolute Gasteiger partial charge is 0.317 e. The van der Waals surface area contributed by atoms with Gasteiger partial charge in [-0.15, -0.1) is 0 Å². The van der Waals surface area contributed by atoms with Crippen LogP contribution in [-0.2, 0) is 19.6 Å². The van der Waals surface area contributed by atoms with Crippen LogP contribution < -0.4 is 5.32 Å². The molecule has 146 valence electrons. The highest BCUT2D eigenvalue weighted by Crippen LogP contribution is 2.21. The molecular weight excluding hydrogens is 352 g/mol. The van der Waals surface area contributed by atoms with Crippen LogP contribution in [0.2, 0.25) is 0 Å². The van der Waals surface area contributed by atoms with Crippen LogP contribution >= 0.6 is 0 Å². The summed E-state index contributed by atoms with van der Waals surface area (Å²) >= 11 is 0. The van der Waals surface area contributed by atoms with Gasteiger partial charge >= 0.3 is 6.03 Å². The molecule has 1 fully saturated rings. The van der Waals surface area contributed by atoms with Gasteiger partial charge in [-0.05, 0) is 42.0 Å². The van der Waals surface area contributed by atoms with Crippen molar-refractivity contribution in [1.29, 1.82) is 0 Å². The number of amides is 2. The minimum Gasteiger partial charge on any atom is -0.392 e. The molecule has 28 heavy (non-hydrogen) atoms. The Hall–Kier alpha value is -2.86. The summed E-state index contributed by atoms with van der Waals surface area (Å²) in [6.07, 6.45) is 2.99.